The lowest BCUT2D eigenvalue weighted by molar-refractivity contribution is -0.113. The SMILES string of the molecule is CCOc1ccc(N2C(=O)/C(=C\c3ccc(OCC#N)c(OC)c3)SC2=S)cc1. The van der Waals surface area contributed by atoms with Crippen LogP contribution in [0, 0.1) is 11.3 Å². The molecule has 0 spiro atoms. The molecule has 2 aromatic carbocycles. The number of hydrogen-bond donors (Lipinski definition) is 0. The van der Waals surface area contributed by atoms with Crippen molar-refractivity contribution in [1.29, 1.82) is 5.26 Å². The first kappa shape index (κ1) is 20.7. The number of benzene rings is 2. The Morgan fingerprint density at radius 2 is 1.93 bits per heavy atom. The minimum atomic E-state index is -0.187. The summed E-state index contributed by atoms with van der Waals surface area (Å²) < 4.78 is 16.5. The molecule has 1 amide bonds. The second-order valence-electron chi connectivity index (χ2n) is 5.80. The Morgan fingerprint density at radius 1 is 1.17 bits per heavy atom. The summed E-state index contributed by atoms with van der Waals surface area (Å²) in [5, 5.41) is 8.66. The van der Waals surface area contributed by atoms with Gasteiger partial charge in [-0.2, -0.15) is 5.26 Å². The molecule has 0 bridgehead atoms. The summed E-state index contributed by atoms with van der Waals surface area (Å²) in [7, 11) is 1.52. The predicted molar refractivity (Wildman–Crippen MR) is 117 cm³/mol. The van der Waals surface area contributed by atoms with Crippen molar-refractivity contribution >= 4 is 46.0 Å². The highest BCUT2D eigenvalue weighted by atomic mass is 32.2. The number of carbonyl (C=O) groups excluding carboxylic acids is 1. The molecular formula is C21H18N2O4S2. The number of hydrogen-bond acceptors (Lipinski definition) is 7. The van der Waals surface area contributed by atoms with E-state index < -0.39 is 0 Å². The zero-order valence-electron chi connectivity index (χ0n) is 15.9. The average molecular weight is 427 g/mol. The minimum absolute atomic E-state index is 0.0730. The predicted octanol–water partition coefficient (Wildman–Crippen LogP) is 4.40. The molecule has 148 valence electrons. The van der Waals surface area contributed by atoms with Gasteiger partial charge in [0.1, 0.15) is 11.8 Å². The van der Waals surface area contributed by atoms with Gasteiger partial charge < -0.3 is 14.2 Å². The summed E-state index contributed by atoms with van der Waals surface area (Å²) in [5.41, 5.74) is 1.45. The van der Waals surface area contributed by atoms with Crippen molar-refractivity contribution in [3.05, 3.63) is 52.9 Å². The van der Waals surface area contributed by atoms with E-state index in [1.54, 1.807) is 24.3 Å². The van der Waals surface area contributed by atoms with Gasteiger partial charge >= 0.3 is 0 Å². The number of rotatable bonds is 7. The van der Waals surface area contributed by atoms with E-state index in [-0.39, 0.29) is 12.5 Å². The van der Waals surface area contributed by atoms with Crippen LogP contribution in [-0.4, -0.2) is 30.6 Å². The molecule has 0 aliphatic carbocycles. The highest BCUT2D eigenvalue weighted by molar-refractivity contribution is 8.27. The standard InChI is InChI=1S/C21H18N2O4S2/c1-3-26-16-7-5-15(6-8-16)23-20(24)19(29-21(23)28)13-14-4-9-17(27-11-10-22)18(12-14)25-2/h4-9,12-13H,3,11H2,1-2H3/b19-13+. The quantitative estimate of drug-likeness (QED) is 0.480. The Hall–Kier alpha value is -3.02. The Kier molecular flexibility index (Phi) is 6.75. The molecule has 1 aliphatic rings. The molecule has 1 aliphatic heterocycles. The van der Waals surface area contributed by atoms with Crippen molar-refractivity contribution in [3.63, 3.8) is 0 Å². The van der Waals surface area contributed by atoms with Crippen molar-refractivity contribution in [1.82, 2.24) is 0 Å². The summed E-state index contributed by atoms with van der Waals surface area (Å²) >= 11 is 6.65. The molecule has 0 atom stereocenters. The summed E-state index contributed by atoms with van der Waals surface area (Å²) in [6.07, 6.45) is 1.75. The molecule has 1 saturated heterocycles. The third-order valence-electron chi connectivity index (χ3n) is 3.98. The zero-order valence-corrected chi connectivity index (χ0v) is 17.5. The van der Waals surface area contributed by atoms with Crippen molar-refractivity contribution in [2.24, 2.45) is 0 Å². The van der Waals surface area contributed by atoms with E-state index in [0.717, 1.165) is 11.3 Å². The zero-order chi connectivity index (χ0) is 20.8. The molecule has 0 N–H and O–H groups in total. The van der Waals surface area contributed by atoms with E-state index >= 15 is 0 Å². The van der Waals surface area contributed by atoms with Gasteiger partial charge in [0.05, 0.1) is 24.3 Å². The van der Waals surface area contributed by atoms with Crippen LogP contribution in [0.3, 0.4) is 0 Å². The lowest BCUT2D eigenvalue weighted by Gasteiger charge is -2.15. The van der Waals surface area contributed by atoms with Crippen molar-refractivity contribution in [3.8, 4) is 23.3 Å². The lowest BCUT2D eigenvalue weighted by atomic mass is 10.2. The molecule has 3 rings (SSSR count). The third kappa shape index (κ3) is 4.70. The molecule has 8 heteroatoms. The molecule has 29 heavy (non-hydrogen) atoms. The maximum atomic E-state index is 12.9. The summed E-state index contributed by atoms with van der Waals surface area (Å²) in [4.78, 5) is 14.9. The van der Waals surface area contributed by atoms with E-state index in [2.05, 4.69) is 0 Å². The Morgan fingerprint density at radius 3 is 2.59 bits per heavy atom. The monoisotopic (exact) mass is 426 g/mol. The number of anilines is 1. The van der Waals surface area contributed by atoms with Crippen molar-refractivity contribution in [2.45, 2.75) is 6.92 Å². The maximum Gasteiger partial charge on any atom is 0.270 e. The second-order valence-corrected chi connectivity index (χ2v) is 7.48. The van der Waals surface area contributed by atoms with Crippen LogP contribution in [0.2, 0.25) is 0 Å². The Labute approximate surface area is 178 Å². The normalized spacial score (nSPS) is 14.8. The van der Waals surface area contributed by atoms with Gasteiger partial charge in [0.15, 0.2) is 22.4 Å². The average Bonchev–Trinajstić information content (AvgIpc) is 3.00. The number of nitriles is 1. The lowest BCUT2D eigenvalue weighted by Crippen LogP contribution is -2.27. The number of amides is 1. The van der Waals surface area contributed by atoms with E-state index in [9.17, 15) is 4.79 Å². The first-order valence-electron chi connectivity index (χ1n) is 8.76. The number of carbonyl (C=O) groups is 1. The summed E-state index contributed by atoms with van der Waals surface area (Å²) in [5.74, 6) is 1.50. The fourth-order valence-electron chi connectivity index (χ4n) is 2.70. The number of nitrogens with zero attached hydrogens (tertiary/aromatic N) is 2. The van der Waals surface area contributed by atoms with E-state index in [4.69, 9.17) is 31.7 Å². The molecule has 0 radical (unpaired) electrons. The Balaban J connectivity index is 1.83. The number of thiocarbonyl (C=S) groups is 1. The number of methoxy groups -OCH3 is 1. The first-order chi connectivity index (χ1) is 14.1. The van der Waals surface area contributed by atoms with E-state index in [1.165, 1.54) is 23.8 Å². The van der Waals surface area contributed by atoms with Crippen LogP contribution in [0.1, 0.15) is 12.5 Å². The van der Waals surface area contributed by atoms with Crippen LogP contribution in [0.25, 0.3) is 6.08 Å². The highest BCUT2D eigenvalue weighted by Crippen LogP contribution is 2.37. The van der Waals surface area contributed by atoms with E-state index in [1.807, 2.05) is 37.3 Å². The van der Waals surface area contributed by atoms with Crippen molar-refractivity contribution < 1.29 is 19.0 Å². The number of ether oxygens (including phenoxy) is 3. The summed E-state index contributed by atoms with van der Waals surface area (Å²) in [6.45, 7) is 2.42. The van der Waals surface area contributed by atoms with Crippen molar-refractivity contribution in [2.75, 3.05) is 25.2 Å². The fraction of sp³-hybridized carbons (Fsp3) is 0.190. The minimum Gasteiger partial charge on any atom is -0.494 e. The third-order valence-corrected chi connectivity index (χ3v) is 5.28. The van der Waals surface area contributed by atoms with Gasteiger partial charge in [-0.15, -0.1) is 0 Å². The topological polar surface area (TPSA) is 71.8 Å². The highest BCUT2D eigenvalue weighted by Gasteiger charge is 2.33. The van der Waals surface area contributed by atoms with Gasteiger partial charge in [-0.1, -0.05) is 30.0 Å². The fourth-order valence-corrected chi connectivity index (χ4v) is 4.00. The van der Waals surface area contributed by atoms with Crippen LogP contribution in [-0.2, 0) is 4.79 Å². The van der Waals surface area contributed by atoms with Crippen LogP contribution in [0.4, 0.5) is 5.69 Å². The van der Waals surface area contributed by atoms with Gasteiger partial charge in [0.25, 0.3) is 5.91 Å². The first-order valence-corrected chi connectivity index (χ1v) is 9.98. The maximum absolute atomic E-state index is 12.9. The summed E-state index contributed by atoms with van der Waals surface area (Å²) in [6, 6.07) is 14.4. The molecule has 0 saturated carbocycles. The largest absolute Gasteiger partial charge is 0.494 e. The molecule has 1 fully saturated rings. The van der Waals surface area contributed by atoms with Gasteiger partial charge in [0.2, 0.25) is 0 Å². The molecule has 2 aromatic rings. The van der Waals surface area contributed by atoms with Gasteiger partial charge in [-0.25, -0.2) is 0 Å². The smallest absolute Gasteiger partial charge is 0.270 e. The number of thioether (sulfide) groups is 1. The molecule has 6 nitrogen and oxygen atoms in total. The van der Waals surface area contributed by atoms with Gasteiger partial charge in [-0.05, 0) is 55.0 Å². The van der Waals surface area contributed by atoms with Gasteiger partial charge in [-0.3, -0.25) is 9.69 Å². The van der Waals surface area contributed by atoms with Crippen LogP contribution >= 0.6 is 24.0 Å². The molecule has 0 aromatic heterocycles. The molecule has 0 unspecified atom stereocenters. The second kappa shape index (κ2) is 9.45. The van der Waals surface area contributed by atoms with Crippen LogP contribution < -0.4 is 19.1 Å². The molecule has 1 heterocycles. The Bertz CT molecular complexity index is 997. The van der Waals surface area contributed by atoms with Crippen LogP contribution in [0.15, 0.2) is 47.4 Å². The van der Waals surface area contributed by atoms with E-state index in [0.29, 0.717) is 33.0 Å². The van der Waals surface area contributed by atoms with Gasteiger partial charge in [0, 0.05) is 0 Å². The van der Waals surface area contributed by atoms with Crippen LogP contribution in [0.5, 0.6) is 17.2 Å². The molecular weight excluding hydrogens is 408 g/mol.